The number of rotatable bonds is 3. The number of aromatic nitrogens is 1. The molecular weight excluding hydrogens is 196 g/mol. The lowest BCUT2D eigenvalue weighted by molar-refractivity contribution is -0.136. The molecule has 0 radical (unpaired) electrons. The van der Waals surface area contributed by atoms with Gasteiger partial charge in [0, 0.05) is 14.1 Å². The van der Waals surface area contributed by atoms with Gasteiger partial charge in [-0.15, -0.1) is 0 Å². The second kappa shape index (κ2) is 3.66. The molecule has 0 aliphatic rings. The first kappa shape index (κ1) is 9.85. The van der Waals surface area contributed by atoms with Crippen LogP contribution < -0.4 is 4.90 Å². The summed E-state index contributed by atoms with van der Waals surface area (Å²) >= 11 is 5.80. The molecule has 13 heavy (non-hydrogen) atoms. The fourth-order valence-corrected chi connectivity index (χ4v) is 1.13. The van der Waals surface area contributed by atoms with Crippen LogP contribution >= 0.6 is 11.6 Å². The standard InChI is InChI=1S/C7H9ClN2O3/c1-10(2)7-6(8)4(13-9-7)3-5(11)12/h3H2,1-2H3,(H,11,12). The third-order valence-corrected chi connectivity index (χ3v) is 1.80. The minimum absolute atomic E-state index is 0.179. The highest BCUT2D eigenvalue weighted by atomic mass is 35.5. The van der Waals surface area contributed by atoms with Gasteiger partial charge in [-0.25, -0.2) is 0 Å². The van der Waals surface area contributed by atoms with Crippen LogP contribution in [-0.4, -0.2) is 30.3 Å². The fraction of sp³-hybridized carbons (Fsp3) is 0.429. The number of nitrogens with zero attached hydrogens (tertiary/aromatic N) is 2. The molecule has 1 aromatic heterocycles. The van der Waals surface area contributed by atoms with Crippen molar-refractivity contribution in [2.75, 3.05) is 19.0 Å². The molecule has 0 saturated carbocycles. The molecule has 1 rings (SSSR count). The Balaban J connectivity index is 2.92. The van der Waals surface area contributed by atoms with Crippen LogP contribution in [-0.2, 0) is 11.2 Å². The molecule has 0 amide bonds. The monoisotopic (exact) mass is 204 g/mol. The minimum atomic E-state index is -0.997. The van der Waals surface area contributed by atoms with Gasteiger partial charge in [0.15, 0.2) is 11.6 Å². The summed E-state index contributed by atoms with van der Waals surface area (Å²) in [5, 5.41) is 12.4. The molecule has 0 aliphatic carbocycles. The number of carboxylic acids is 1. The number of halogens is 1. The van der Waals surface area contributed by atoms with Crippen LogP contribution in [0.4, 0.5) is 5.82 Å². The van der Waals surface area contributed by atoms with E-state index in [1.54, 1.807) is 19.0 Å². The average Bonchev–Trinajstić information content (AvgIpc) is 2.32. The van der Waals surface area contributed by atoms with E-state index in [2.05, 4.69) is 5.16 Å². The van der Waals surface area contributed by atoms with Crippen molar-refractivity contribution in [2.45, 2.75) is 6.42 Å². The van der Waals surface area contributed by atoms with E-state index in [4.69, 9.17) is 21.2 Å². The van der Waals surface area contributed by atoms with E-state index in [1.165, 1.54) is 0 Å². The molecule has 0 bridgehead atoms. The normalized spacial score (nSPS) is 10.1. The van der Waals surface area contributed by atoms with E-state index in [0.717, 1.165) is 0 Å². The van der Waals surface area contributed by atoms with Gasteiger partial charge in [-0.1, -0.05) is 16.8 Å². The van der Waals surface area contributed by atoms with E-state index < -0.39 is 5.97 Å². The summed E-state index contributed by atoms with van der Waals surface area (Å²) in [5.41, 5.74) is 0. The molecule has 0 spiro atoms. The third kappa shape index (κ3) is 2.12. The lowest BCUT2D eigenvalue weighted by Gasteiger charge is -2.05. The van der Waals surface area contributed by atoms with Gasteiger partial charge in [0.2, 0.25) is 0 Å². The van der Waals surface area contributed by atoms with Gasteiger partial charge in [-0.2, -0.15) is 0 Å². The third-order valence-electron chi connectivity index (χ3n) is 1.42. The first-order valence-electron chi connectivity index (χ1n) is 3.55. The summed E-state index contributed by atoms with van der Waals surface area (Å²) in [6.45, 7) is 0. The number of carboxylic acid groups (broad SMARTS) is 1. The largest absolute Gasteiger partial charge is 0.481 e. The Labute approximate surface area is 79.9 Å². The second-order valence-electron chi connectivity index (χ2n) is 2.71. The number of carbonyl (C=O) groups is 1. The van der Waals surface area contributed by atoms with Gasteiger partial charge >= 0.3 is 5.97 Å². The van der Waals surface area contributed by atoms with Gasteiger partial charge in [-0.05, 0) is 0 Å². The highest BCUT2D eigenvalue weighted by Crippen LogP contribution is 2.27. The van der Waals surface area contributed by atoms with Crippen molar-refractivity contribution in [3.05, 3.63) is 10.8 Å². The SMILES string of the molecule is CN(C)c1noc(CC(=O)O)c1Cl. The highest BCUT2D eigenvalue weighted by Gasteiger charge is 2.17. The van der Waals surface area contributed by atoms with E-state index in [0.29, 0.717) is 5.82 Å². The summed E-state index contributed by atoms with van der Waals surface area (Å²) in [6.07, 6.45) is -0.250. The lowest BCUT2D eigenvalue weighted by atomic mass is 10.3. The summed E-state index contributed by atoms with van der Waals surface area (Å²) in [6, 6.07) is 0. The van der Waals surface area contributed by atoms with Crippen molar-refractivity contribution in [3.8, 4) is 0 Å². The zero-order chi connectivity index (χ0) is 10.0. The van der Waals surface area contributed by atoms with Crippen LogP contribution in [0.15, 0.2) is 4.52 Å². The van der Waals surface area contributed by atoms with Gasteiger partial charge in [0.05, 0.1) is 0 Å². The highest BCUT2D eigenvalue weighted by molar-refractivity contribution is 6.33. The Bertz CT molecular complexity index is 322. The molecule has 1 heterocycles. The van der Waals surface area contributed by atoms with E-state index in [-0.39, 0.29) is 17.2 Å². The van der Waals surface area contributed by atoms with Crippen LogP contribution in [0.1, 0.15) is 5.76 Å². The maximum atomic E-state index is 10.3. The Morgan fingerprint density at radius 2 is 2.31 bits per heavy atom. The quantitative estimate of drug-likeness (QED) is 0.796. The Morgan fingerprint density at radius 3 is 2.69 bits per heavy atom. The maximum Gasteiger partial charge on any atom is 0.311 e. The van der Waals surface area contributed by atoms with E-state index in [9.17, 15) is 4.79 Å². The number of aliphatic carboxylic acids is 1. The number of hydrogen-bond acceptors (Lipinski definition) is 4. The summed E-state index contributed by atoms with van der Waals surface area (Å²) < 4.78 is 4.76. The molecule has 72 valence electrons. The molecule has 0 atom stereocenters. The molecule has 0 saturated heterocycles. The Hall–Kier alpha value is -1.23. The second-order valence-corrected chi connectivity index (χ2v) is 3.09. The summed E-state index contributed by atoms with van der Waals surface area (Å²) in [4.78, 5) is 12.0. The van der Waals surface area contributed by atoms with Crippen molar-refractivity contribution in [1.82, 2.24) is 5.16 Å². The zero-order valence-corrected chi connectivity index (χ0v) is 8.00. The van der Waals surface area contributed by atoms with Crippen molar-refractivity contribution in [1.29, 1.82) is 0 Å². The molecule has 0 aromatic carbocycles. The first-order valence-corrected chi connectivity index (χ1v) is 3.93. The molecular formula is C7H9ClN2O3. The smallest absolute Gasteiger partial charge is 0.311 e. The van der Waals surface area contributed by atoms with Crippen LogP contribution in [0.5, 0.6) is 0 Å². The van der Waals surface area contributed by atoms with Crippen molar-refractivity contribution >= 4 is 23.4 Å². The van der Waals surface area contributed by atoms with E-state index in [1.807, 2.05) is 0 Å². The van der Waals surface area contributed by atoms with Gasteiger partial charge in [0.1, 0.15) is 11.4 Å². The lowest BCUT2D eigenvalue weighted by Crippen LogP contribution is -2.09. The van der Waals surface area contributed by atoms with Crippen LogP contribution in [0, 0.1) is 0 Å². The molecule has 6 heteroatoms. The fourth-order valence-electron chi connectivity index (χ4n) is 0.828. The van der Waals surface area contributed by atoms with Crippen LogP contribution in [0.3, 0.4) is 0 Å². The van der Waals surface area contributed by atoms with Gasteiger partial charge in [-0.3, -0.25) is 4.79 Å². The van der Waals surface area contributed by atoms with Gasteiger partial charge < -0.3 is 14.5 Å². The van der Waals surface area contributed by atoms with Crippen molar-refractivity contribution < 1.29 is 14.4 Å². The van der Waals surface area contributed by atoms with Crippen molar-refractivity contribution in [3.63, 3.8) is 0 Å². The predicted octanol–water partition coefficient (Wildman–Crippen LogP) is 1.02. The van der Waals surface area contributed by atoms with Crippen molar-refractivity contribution in [2.24, 2.45) is 0 Å². The zero-order valence-electron chi connectivity index (χ0n) is 7.24. The van der Waals surface area contributed by atoms with E-state index >= 15 is 0 Å². The van der Waals surface area contributed by atoms with Gasteiger partial charge in [0.25, 0.3) is 0 Å². The van der Waals surface area contributed by atoms with Crippen LogP contribution in [0.25, 0.3) is 0 Å². The first-order chi connectivity index (χ1) is 6.02. The summed E-state index contributed by atoms with van der Waals surface area (Å²) in [5.74, 6) is -0.376. The topological polar surface area (TPSA) is 66.6 Å². The molecule has 5 nitrogen and oxygen atoms in total. The number of hydrogen-bond donors (Lipinski definition) is 1. The molecule has 1 N–H and O–H groups in total. The molecule has 0 aliphatic heterocycles. The molecule has 0 unspecified atom stereocenters. The Kier molecular flexibility index (Phi) is 2.77. The summed E-state index contributed by atoms with van der Waals surface area (Å²) in [7, 11) is 3.49. The number of anilines is 1. The maximum absolute atomic E-state index is 10.3. The Morgan fingerprint density at radius 1 is 1.69 bits per heavy atom. The van der Waals surface area contributed by atoms with Crippen LogP contribution in [0.2, 0.25) is 5.02 Å². The molecule has 1 aromatic rings. The average molecular weight is 205 g/mol. The molecule has 0 fully saturated rings. The minimum Gasteiger partial charge on any atom is -0.481 e. The predicted molar refractivity (Wildman–Crippen MR) is 47.2 cm³/mol.